The summed E-state index contributed by atoms with van der Waals surface area (Å²) in [4.78, 5) is 24.0. The van der Waals surface area contributed by atoms with E-state index in [2.05, 4.69) is 81.5 Å². The summed E-state index contributed by atoms with van der Waals surface area (Å²) in [6.45, 7) is 28.3. The van der Waals surface area contributed by atoms with E-state index in [1.165, 1.54) is 69.5 Å². The second-order valence-corrected chi connectivity index (χ2v) is 33.5. The van der Waals surface area contributed by atoms with Crippen LogP contribution in [-0.4, -0.2) is 69.7 Å². The number of aliphatic hydroxyl groups excluding tert-OH is 1. The summed E-state index contributed by atoms with van der Waals surface area (Å²) in [6.07, 6.45) is 10.9. The predicted octanol–water partition coefficient (Wildman–Crippen LogP) is 10.0. The van der Waals surface area contributed by atoms with Gasteiger partial charge in [-0.1, -0.05) is 0 Å². The van der Waals surface area contributed by atoms with Crippen LogP contribution in [0.15, 0.2) is 21.3 Å². The summed E-state index contributed by atoms with van der Waals surface area (Å²) < 4.78 is 22.9. The van der Waals surface area contributed by atoms with Gasteiger partial charge in [0.2, 0.25) is 0 Å². The van der Waals surface area contributed by atoms with E-state index in [1.54, 1.807) is 6.08 Å². The first kappa shape index (κ1) is 44.4. The van der Waals surface area contributed by atoms with Gasteiger partial charge in [0.25, 0.3) is 0 Å². The van der Waals surface area contributed by atoms with Crippen LogP contribution in [0.5, 0.6) is 0 Å². The number of aliphatic hydroxyl groups is 1. The van der Waals surface area contributed by atoms with Crippen molar-refractivity contribution in [3.63, 3.8) is 0 Å². The fraction of sp³-hybridized carbons (Fsp3) is 0.838. The number of ether oxygens (including phenoxy) is 2. The number of hydrogen-bond donors (Lipinski definition) is 1. The zero-order valence-electron chi connectivity index (χ0n) is 31.8. The number of allylic oxidation sites excluding steroid dienone is 1. The Morgan fingerprint density at radius 3 is 1.80 bits per heavy atom. The fourth-order valence-electron chi connectivity index (χ4n) is 6.25. The Labute approximate surface area is 283 Å². The number of carbonyl (C=O) groups is 2. The van der Waals surface area contributed by atoms with Crippen molar-refractivity contribution in [2.24, 2.45) is 17.8 Å². The van der Waals surface area contributed by atoms with E-state index < -0.39 is 32.8 Å². The molecular weight excluding hydrogens is 687 g/mol. The van der Waals surface area contributed by atoms with Gasteiger partial charge in [-0.15, -0.1) is 0 Å². The van der Waals surface area contributed by atoms with E-state index in [1.807, 2.05) is 6.92 Å². The Morgan fingerprint density at radius 2 is 1.40 bits per heavy atom. The SMILES string of the molecule is CCC[CH2][Sn]([CH2]CCC)([CH2]CCC)/[C](=C/[C@@H](C)[C@@H](O)[C@@H](C)[C@H](O[Si](C)(C)C(C)(C)C)[C@@H](C)C/C(C)=C/C(=O)OC)COC(C)=O. The van der Waals surface area contributed by atoms with Gasteiger partial charge in [0.05, 0.1) is 7.11 Å². The van der Waals surface area contributed by atoms with Crippen LogP contribution >= 0.6 is 0 Å². The van der Waals surface area contributed by atoms with Crippen LogP contribution in [-0.2, 0) is 23.5 Å². The van der Waals surface area contributed by atoms with Crippen LogP contribution in [0.3, 0.4) is 0 Å². The first-order valence-corrected chi connectivity index (χ1v) is 28.2. The third-order valence-electron chi connectivity index (χ3n) is 10.2. The van der Waals surface area contributed by atoms with E-state index in [-0.39, 0.29) is 40.8 Å². The number of unbranched alkanes of at least 4 members (excludes halogenated alkanes) is 3. The molecule has 0 heterocycles. The van der Waals surface area contributed by atoms with Gasteiger partial charge in [0.1, 0.15) is 0 Å². The molecule has 0 saturated carbocycles. The molecule has 0 radical (unpaired) electrons. The van der Waals surface area contributed by atoms with Crippen molar-refractivity contribution < 1.29 is 28.6 Å². The van der Waals surface area contributed by atoms with Crippen molar-refractivity contribution >= 4 is 38.6 Å². The topological polar surface area (TPSA) is 82.1 Å². The molecule has 6 nitrogen and oxygen atoms in total. The molecule has 0 aliphatic carbocycles. The van der Waals surface area contributed by atoms with Crippen LogP contribution in [0, 0.1) is 17.8 Å². The van der Waals surface area contributed by atoms with Crippen molar-refractivity contribution in [3.8, 4) is 0 Å². The molecule has 264 valence electrons. The van der Waals surface area contributed by atoms with Gasteiger partial charge in [-0.3, -0.25) is 0 Å². The Morgan fingerprint density at radius 1 is 0.911 bits per heavy atom. The van der Waals surface area contributed by atoms with Gasteiger partial charge >= 0.3 is 278 Å². The van der Waals surface area contributed by atoms with Crippen molar-refractivity contribution in [1.29, 1.82) is 0 Å². The Kier molecular flexibility index (Phi) is 21.0. The molecular formula is C37H72O6SiSn. The Bertz CT molecular complexity index is 916. The summed E-state index contributed by atoms with van der Waals surface area (Å²) in [5.74, 6) is -0.768. The van der Waals surface area contributed by atoms with E-state index in [0.717, 1.165) is 5.57 Å². The first-order valence-electron chi connectivity index (χ1n) is 17.8. The zero-order chi connectivity index (χ0) is 35.0. The molecule has 0 aliphatic heterocycles. The van der Waals surface area contributed by atoms with E-state index in [4.69, 9.17) is 13.9 Å². The average Bonchev–Trinajstić information content (AvgIpc) is 2.96. The average molecular weight is 760 g/mol. The van der Waals surface area contributed by atoms with Crippen molar-refractivity contribution in [2.45, 2.75) is 165 Å². The van der Waals surface area contributed by atoms with Gasteiger partial charge < -0.3 is 0 Å². The normalized spacial score (nSPS) is 17.0. The molecule has 0 fully saturated rings. The van der Waals surface area contributed by atoms with Crippen LogP contribution in [0.25, 0.3) is 0 Å². The van der Waals surface area contributed by atoms with Crippen LogP contribution < -0.4 is 0 Å². The summed E-state index contributed by atoms with van der Waals surface area (Å²) in [6, 6.07) is 0. The maximum atomic E-state index is 12.1. The maximum absolute atomic E-state index is 12.1. The second-order valence-electron chi connectivity index (χ2n) is 15.3. The van der Waals surface area contributed by atoms with Gasteiger partial charge in [-0.2, -0.15) is 0 Å². The molecule has 8 heteroatoms. The van der Waals surface area contributed by atoms with E-state index >= 15 is 0 Å². The first-order chi connectivity index (χ1) is 20.8. The monoisotopic (exact) mass is 760 g/mol. The Balaban J connectivity index is 6.80. The summed E-state index contributed by atoms with van der Waals surface area (Å²) in [5.41, 5.74) is 0.943. The molecule has 0 aromatic rings. The molecule has 0 spiro atoms. The molecule has 45 heavy (non-hydrogen) atoms. The zero-order valence-corrected chi connectivity index (χ0v) is 35.7. The van der Waals surface area contributed by atoms with Gasteiger partial charge in [-0.05, 0) is 0 Å². The fourth-order valence-corrected chi connectivity index (χ4v) is 24.3. The second kappa shape index (κ2) is 21.4. The molecule has 0 aromatic carbocycles. The number of esters is 2. The van der Waals surface area contributed by atoms with Crippen molar-refractivity contribution in [1.82, 2.24) is 0 Å². The molecule has 0 rings (SSSR count). The number of carbonyl (C=O) groups excluding carboxylic acids is 2. The molecule has 0 aliphatic rings. The number of rotatable bonds is 22. The summed E-state index contributed by atoms with van der Waals surface area (Å²) in [5, 5.41) is 12.1. The minimum absolute atomic E-state index is 0.0150. The summed E-state index contributed by atoms with van der Waals surface area (Å²) in [7, 11) is -0.784. The van der Waals surface area contributed by atoms with Crippen molar-refractivity contribution in [2.75, 3.05) is 13.7 Å². The molecule has 5 atom stereocenters. The quantitative estimate of drug-likeness (QED) is 0.0673. The number of methoxy groups -OCH3 is 1. The van der Waals surface area contributed by atoms with Crippen molar-refractivity contribution in [3.05, 3.63) is 21.3 Å². The van der Waals surface area contributed by atoms with E-state index in [9.17, 15) is 14.7 Å². The Hall–Kier alpha value is -0.644. The third kappa shape index (κ3) is 15.4. The predicted molar refractivity (Wildman–Crippen MR) is 196 cm³/mol. The molecule has 0 amide bonds. The van der Waals surface area contributed by atoms with Gasteiger partial charge in [0, 0.05) is 0 Å². The number of hydrogen-bond acceptors (Lipinski definition) is 6. The standard InChI is InChI=1S/C25H45O6Si.3C4H9.Sn/c1-17(16-22(27)29-9)15-19(3)24(31-32(10,11)25(6,7)8)20(4)23(28)18(2)13-12-14-30-21(5)26;3*1-3-4-2;/h13,16,18-20,23-24,28H,14-15H2,1-11H3;3*1,3-4H2,2H3;/b13-12?,17-16+;;;;/t18-,19+,20-,23-,24-;;;;/m1..../s1. The molecule has 0 bridgehead atoms. The molecule has 0 unspecified atom stereocenters. The van der Waals surface area contributed by atoms with Crippen LogP contribution in [0.2, 0.25) is 31.4 Å². The van der Waals surface area contributed by atoms with Gasteiger partial charge in [0.15, 0.2) is 0 Å². The molecule has 1 N–H and O–H groups in total. The van der Waals surface area contributed by atoms with Crippen LogP contribution in [0.4, 0.5) is 0 Å². The minimum atomic E-state index is -2.93. The third-order valence-corrected chi connectivity index (χ3v) is 30.7. The molecule has 0 aromatic heterocycles. The molecule has 0 saturated heterocycles. The van der Waals surface area contributed by atoms with Gasteiger partial charge in [-0.25, -0.2) is 0 Å². The summed E-state index contributed by atoms with van der Waals surface area (Å²) >= 11 is -2.93. The van der Waals surface area contributed by atoms with Crippen LogP contribution in [0.1, 0.15) is 121 Å². The van der Waals surface area contributed by atoms with E-state index in [0.29, 0.717) is 13.0 Å².